The minimum atomic E-state index is -0.336. The molecule has 9 heteroatoms. The first-order valence-corrected chi connectivity index (χ1v) is 10.8. The summed E-state index contributed by atoms with van der Waals surface area (Å²) >= 11 is 0. The van der Waals surface area contributed by atoms with Gasteiger partial charge in [0.05, 0.1) is 12.1 Å². The first-order chi connectivity index (χ1) is 15.6. The molecular formula is C24H30FIN6O. The van der Waals surface area contributed by atoms with Gasteiger partial charge in [-0.3, -0.25) is 9.79 Å². The second-order valence-corrected chi connectivity index (χ2v) is 7.21. The molecule has 1 amide bonds. The van der Waals surface area contributed by atoms with Crippen LogP contribution in [0.4, 0.5) is 4.39 Å². The van der Waals surface area contributed by atoms with Crippen LogP contribution in [0.25, 0.3) is 5.69 Å². The van der Waals surface area contributed by atoms with E-state index in [1.165, 1.54) is 17.7 Å². The molecule has 2 aromatic carbocycles. The van der Waals surface area contributed by atoms with Gasteiger partial charge in [0.25, 0.3) is 0 Å². The van der Waals surface area contributed by atoms with E-state index in [1.807, 2.05) is 36.0 Å². The summed E-state index contributed by atoms with van der Waals surface area (Å²) in [4.78, 5) is 16.6. The average molecular weight is 564 g/mol. The van der Waals surface area contributed by atoms with Crippen molar-refractivity contribution in [1.82, 2.24) is 25.7 Å². The fourth-order valence-corrected chi connectivity index (χ4v) is 3.15. The van der Waals surface area contributed by atoms with Gasteiger partial charge in [0.2, 0.25) is 5.91 Å². The quantitative estimate of drug-likeness (QED) is 0.153. The van der Waals surface area contributed by atoms with Crippen molar-refractivity contribution in [2.45, 2.75) is 19.8 Å². The predicted molar refractivity (Wildman–Crippen MR) is 140 cm³/mol. The zero-order valence-electron chi connectivity index (χ0n) is 18.6. The van der Waals surface area contributed by atoms with Gasteiger partial charge in [-0.2, -0.15) is 5.10 Å². The number of rotatable bonds is 10. The number of halogens is 2. The van der Waals surface area contributed by atoms with Crippen LogP contribution in [-0.4, -0.2) is 47.8 Å². The summed E-state index contributed by atoms with van der Waals surface area (Å²) < 4.78 is 15.0. The van der Waals surface area contributed by atoms with E-state index >= 15 is 0 Å². The fraction of sp³-hybridized carbons (Fsp3) is 0.292. The second-order valence-electron chi connectivity index (χ2n) is 7.21. The Labute approximate surface area is 210 Å². The number of amides is 1. The molecular weight excluding hydrogens is 534 g/mol. The lowest BCUT2D eigenvalue weighted by molar-refractivity contribution is -0.120. The number of nitrogens with one attached hydrogen (secondary N) is 3. The molecule has 0 aliphatic heterocycles. The molecule has 33 heavy (non-hydrogen) atoms. The van der Waals surface area contributed by atoms with Gasteiger partial charge in [-0.1, -0.05) is 24.3 Å². The third-order valence-corrected chi connectivity index (χ3v) is 4.71. The molecule has 0 saturated carbocycles. The maximum absolute atomic E-state index is 13.2. The number of carbonyl (C=O) groups is 1. The summed E-state index contributed by atoms with van der Waals surface area (Å²) in [6.45, 7) is 4.39. The normalized spacial score (nSPS) is 10.9. The third-order valence-electron chi connectivity index (χ3n) is 4.71. The van der Waals surface area contributed by atoms with Gasteiger partial charge in [0, 0.05) is 38.6 Å². The monoisotopic (exact) mass is 564 g/mol. The molecule has 0 saturated heterocycles. The van der Waals surface area contributed by atoms with Gasteiger partial charge in [-0.05, 0) is 54.8 Å². The highest BCUT2D eigenvalue weighted by Gasteiger charge is 2.04. The topological polar surface area (TPSA) is 83.3 Å². The van der Waals surface area contributed by atoms with E-state index in [2.05, 4.69) is 38.2 Å². The summed E-state index contributed by atoms with van der Waals surface area (Å²) in [5.74, 6) is 0.232. The lowest BCUT2D eigenvalue weighted by Gasteiger charge is -2.12. The molecule has 0 aliphatic carbocycles. The number of carbonyl (C=O) groups excluding carboxylic acids is 1. The van der Waals surface area contributed by atoms with Crippen LogP contribution in [0.1, 0.15) is 18.1 Å². The molecule has 3 aromatic rings. The maximum Gasteiger partial charge on any atom is 0.224 e. The van der Waals surface area contributed by atoms with E-state index in [4.69, 9.17) is 0 Å². The Morgan fingerprint density at radius 2 is 1.82 bits per heavy atom. The van der Waals surface area contributed by atoms with Crippen LogP contribution < -0.4 is 16.0 Å². The maximum atomic E-state index is 13.2. The Morgan fingerprint density at radius 1 is 1.03 bits per heavy atom. The van der Waals surface area contributed by atoms with E-state index in [9.17, 15) is 9.18 Å². The van der Waals surface area contributed by atoms with Crippen LogP contribution >= 0.6 is 24.0 Å². The fourth-order valence-electron chi connectivity index (χ4n) is 3.15. The first kappa shape index (κ1) is 26.3. The number of nitrogens with zero attached hydrogens (tertiary/aromatic N) is 3. The SMILES string of the molecule is CCNC(=NCCc1ccc(-n2cccn2)cc1)NCCNC(=O)Cc1cccc(F)c1.I. The van der Waals surface area contributed by atoms with E-state index in [0.29, 0.717) is 31.2 Å². The number of aliphatic imine (C=N–C) groups is 1. The molecule has 1 heterocycles. The van der Waals surface area contributed by atoms with E-state index in [1.54, 1.807) is 18.3 Å². The molecule has 7 nitrogen and oxygen atoms in total. The Balaban J connectivity index is 0.00000385. The molecule has 0 atom stereocenters. The highest BCUT2D eigenvalue weighted by atomic mass is 127. The molecule has 0 unspecified atom stereocenters. The van der Waals surface area contributed by atoms with Crippen molar-refractivity contribution in [3.05, 3.63) is 83.9 Å². The molecule has 3 rings (SSSR count). The van der Waals surface area contributed by atoms with Crippen molar-refractivity contribution in [2.75, 3.05) is 26.2 Å². The third kappa shape index (κ3) is 9.21. The smallest absolute Gasteiger partial charge is 0.224 e. The van der Waals surface area contributed by atoms with Crippen LogP contribution in [0.5, 0.6) is 0 Å². The van der Waals surface area contributed by atoms with Crippen LogP contribution in [0.3, 0.4) is 0 Å². The highest BCUT2D eigenvalue weighted by molar-refractivity contribution is 14.0. The molecule has 0 fully saturated rings. The Kier molecular flexibility index (Phi) is 11.4. The summed E-state index contributed by atoms with van der Waals surface area (Å²) in [6.07, 6.45) is 4.65. The first-order valence-electron chi connectivity index (χ1n) is 10.8. The molecule has 0 radical (unpaired) electrons. The summed E-state index contributed by atoms with van der Waals surface area (Å²) in [6, 6.07) is 16.2. The van der Waals surface area contributed by atoms with E-state index < -0.39 is 0 Å². The number of aromatic nitrogens is 2. The zero-order valence-corrected chi connectivity index (χ0v) is 21.0. The van der Waals surface area contributed by atoms with Gasteiger partial charge in [-0.15, -0.1) is 24.0 Å². The molecule has 1 aromatic heterocycles. The average Bonchev–Trinajstić information content (AvgIpc) is 3.32. The number of hydrogen-bond donors (Lipinski definition) is 3. The van der Waals surface area contributed by atoms with Crippen LogP contribution in [0, 0.1) is 5.82 Å². The molecule has 0 bridgehead atoms. The van der Waals surface area contributed by atoms with E-state index in [-0.39, 0.29) is 42.1 Å². The summed E-state index contributed by atoms with van der Waals surface area (Å²) in [7, 11) is 0. The molecule has 0 aliphatic rings. The molecule has 3 N–H and O–H groups in total. The lowest BCUT2D eigenvalue weighted by Crippen LogP contribution is -2.41. The number of guanidine groups is 1. The van der Waals surface area contributed by atoms with Crippen LogP contribution in [-0.2, 0) is 17.6 Å². The van der Waals surface area contributed by atoms with Crippen molar-refractivity contribution in [2.24, 2.45) is 4.99 Å². The van der Waals surface area contributed by atoms with Gasteiger partial charge < -0.3 is 16.0 Å². The van der Waals surface area contributed by atoms with Gasteiger partial charge in [0.15, 0.2) is 5.96 Å². The Morgan fingerprint density at radius 3 is 2.52 bits per heavy atom. The van der Waals surface area contributed by atoms with Gasteiger partial charge in [0.1, 0.15) is 5.82 Å². The van der Waals surface area contributed by atoms with Crippen LogP contribution in [0.15, 0.2) is 72.0 Å². The zero-order chi connectivity index (χ0) is 22.6. The number of hydrogen-bond acceptors (Lipinski definition) is 3. The second kappa shape index (κ2) is 14.2. The molecule has 0 spiro atoms. The van der Waals surface area contributed by atoms with Crippen molar-refractivity contribution in [1.29, 1.82) is 0 Å². The largest absolute Gasteiger partial charge is 0.357 e. The minimum Gasteiger partial charge on any atom is -0.357 e. The van der Waals surface area contributed by atoms with Gasteiger partial charge >= 0.3 is 0 Å². The minimum absolute atomic E-state index is 0. The van der Waals surface area contributed by atoms with Gasteiger partial charge in [-0.25, -0.2) is 9.07 Å². The van der Waals surface area contributed by atoms with Crippen molar-refractivity contribution in [3.8, 4) is 5.69 Å². The summed E-state index contributed by atoms with van der Waals surface area (Å²) in [5.41, 5.74) is 2.88. The van der Waals surface area contributed by atoms with Crippen LogP contribution in [0.2, 0.25) is 0 Å². The Bertz CT molecular complexity index is 1010. The molecule has 176 valence electrons. The standard InChI is InChI=1S/C24H29FN6O.HI/c1-2-26-24(29-15-14-27-23(32)18-20-5-3-6-21(25)17-20)28-13-11-19-7-9-22(10-8-19)31-16-4-12-30-31;/h3-10,12,16-17H,2,11,13-15,18H2,1H3,(H,27,32)(H2,26,28,29);1H. The van der Waals surface area contributed by atoms with Crippen molar-refractivity contribution >= 4 is 35.8 Å². The van der Waals surface area contributed by atoms with Crippen molar-refractivity contribution < 1.29 is 9.18 Å². The Hall–Kier alpha value is -2.95. The summed E-state index contributed by atoms with van der Waals surface area (Å²) in [5, 5.41) is 13.5. The highest BCUT2D eigenvalue weighted by Crippen LogP contribution is 2.09. The number of benzene rings is 2. The van der Waals surface area contributed by atoms with Crippen molar-refractivity contribution in [3.63, 3.8) is 0 Å². The van der Waals surface area contributed by atoms with E-state index in [0.717, 1.165) is 18.7 Å². The predicted octanol–water partition coefficient (Wildman–Crippen LogP) is 3.09. The lowest BCUT2D eigenvalue weighted by atomic mass is 10.1.